The highest BCUT2D eigenvalue weighted by molar-refractivity contribution is 8.01. The maximum absolute atomic E-state index is 10.9. The van der Waals surface area contributed by atoms with Crippen LogP contribution < -0.4 is 0 Å². The van der Waals surface area contributed by atoms with E-state index >= 15 is 0 Å². The molecular weight excluding hydrogens is 337 g/mol. The molecule has 0 amide bonds. The van der Waals surface area contributed by atoms with Gasteiger partial charge in [0.1, 0.15) is 5.69 Å². The molecule has 0 aliphatic carbocycles. The zero-order valence-corrected chi connectivity index (χ0v) is 16.6. The molecule has 0 fully saturated rings. The Morgan fingerprint density at radius 1 is 1.18 bits per heavy atom. The second kappa shape index (κ2) is 14.9. The van der Waals surface area contributed by atoms with Gasteiger partial charge in [0, 0.05) is 91.1 Å². The van der Waals surface area contributed by atoms with Gasteiger partial charge in [-0.25, -0.2) is 4.98 Å². The molecule has 28 heavy (non-hydrogen) atoms. The monoisotopic (exact) mass is 356 g/mol. The highest BCUT2D eigenvalue weighted by Crippen LogP contribution is 2.08. The molecule has 0 atom stereocenters. The zero-order valence-electron chi connectivity index (χ0n) is 16.6. The number of ether oxygens (including phenoxy) is 1. The maximum atomic E-state index is 10.9. The van der Waals surface area contributed by atoms with E-state index in [4.69, 9.17) is 46.4 Å². The number of hydrogen-bond donors (Lipinski definition) is 0. The van der Waals surface area contributed by atoms with Crippen molar-refractivity contribution in [3.63, 3.8) is 0 Å². The summed E-state index contributed by atoms with van der Waals surface area (Å²) in [5.74, 6) is -0.185. The van der Waals surface area contributed by atoms with Gasteiger partial charge in [-0.1, -0.05) is 6.07 Å². The van der Waals surface area contributed by atoms with Crippen molar-refractivity contribution in [1.82, 2.24) is 4.98 Å². The van der Waals surface area contributed by atoms with E-state index in [1.807, 2.05) is 19.1 Å². The lowest BCUT2D eigenvalue weighted by Gasteiger charge is -2.25. The molecular formula is C13H17B11NO3. The summed E-state index contributed by atoms with van der Waals surface area (Å²) in [4.78, 5) is 25.8. The van der Waals surface area contributed by atoms with Crippen molar-refractivity contribution in [3.8, 4) is 0 Å². The Bertz CT molecular complexity index is 597. The molecule has 13 radical (unpaired) electrons. The number of methoxy groups -OCH3 is 1. The molecule has 0 bridgehead atoms. The van der Waals surface area contributed by atoms with Crippen LogP contribution in [0.2, 0.25) is 0 Å². The molecule has 15 heteroatoms. The molecule has 0 spiro atoms. The molecule has 0 aliphatic heterocycles. The molecule has 1 aromatic rings. The minimum absolute atomic E-state index is 0.185. The number of unbranched alkanes of at least 4 members (excludes halogenated alkanes) is 1. The molecule has 0 saturated carbocycles. The van der Waals surface area contributed by atoms with Crippen molar-refractivity contribution < 1.29 is 14.3 Å². The normalized spacial score (nSPS) is 9.36. The number of aromatic nitrogens is 1. The van der Waals surface area contributed by atoms with E-state index in [-0.39, 0.29) is 12.4 Å². The quantitative estimate of drug-likeness (QED) is 0.209. The minimum Gasteiger partial charge on any atom is -0.469 e. The lowest BCUT2D eigenvalue weighted by molar-refractivity contribution is -0.140. The van der Waals surface area contributed by atoms with Crippen LogP contribution in [0.25, 0.3) is 0 Å². The number of aldehydes is 1. The number of carbonyl (C=O) groups excluding carboxylic acids is 2. The van der Waals surface area contributed by atoms with Crippen molar-refractivity contribution in [2.75, 3.05) is 7.11 Å². The summed E-state index contributed by atoms with van der Waals surface area (Å²) in [6.07, 6.45) is 1.47. The fraction of sp³-hybridized carbons (Fsp3) is 0.462. The first kappa shape index (κ1) is 27.0. The number of nitrogens with zero attached hydrogens (tertiary/aromatic N) is 1. The van der Waals surface area contributed by atoms with Gasteiger partial charge in [-0.2, -0.15) is 0 Å². The minimum atomic E-state index is -0.648. The second-order valence-corrected chi connectivity index (χ2v) is 6.41. The largest absolute Gasteiger partial charge is 0.469 e. The average Bonchev–Trinajstić information content (AvgIpc) is 2.65. The second-order valence-electron chi connectivity index (χ2n) is 6.41. The van der Waals surface area contributed by atoms with E-state index in [1.54, 1.807) is 0 Å². The number of esters is 1. The van der Waals surface area contributed by atoms with Gasteiger partial charge in [-0.05, 0) is 37.8 Å². The summed E-state index contributed by atoms with van der Waals surface area (Å²) < 4.78 is 4.55. The van der Waals surface area contributed by atoms with Crippen LogP contribution in [0.1, 0.15) is 41.0 Å². The summed E-state index contributed by atoms with van der Waals surface area (Å²) >= 11 is 0. The van der Waals surface area contributed by atoms with Crippen LogP contribution in [0.15, 0.2) is 12.1 Å². The lowest BCUT2D eigenvalue weighted by Crippen LogP contribution is -2.63. The Balaban J connectivity index is 0.000000576. The predicted molar refractivity (Wildman–Crippen MR) is 127 cm³/mol. The number of aryl methyl sites for hydroxylation is 2. The molecule has 0 unspecified atom stereocenters. The Kier molecular flexibility index (Phi) is 14.4. The van der Waals surface area contributed by atoms with Gasteiger partial charge in [0.15, 0.2) is 6.29 Å². The summed E-state index contributed by atoms with van der Waals surface area (Å²) in [6.45, 7) is 1.86. The number of carbonyl (C=O) groups is 2. The molecule has 1 heterocycles. The first-order valence-electron chi connectivity index (χ1n) is 8.99. The fourth-order valence-corrected chi connectivity index (χ4v) is 2.42. The highest BCUT2D eigenvalue weighted by Gasteiger charge is 2.26. The maximum Gasteiger partial charge on any atom is 0.305 e. The van der Waals surface area contributed by atoms with Crippen molar-refractivity contribution in [3.05, 3.63) is 29.1 Å². The molecule has 125 valence electrons. The van der Waals surface area contributed by atoms with Gasteiger partial charge in [-0.15, -0.1) is 0 Å². The van der Waals surface area contributed by atoms with Crippen LogP contribution in [0.4, 0.5) is 0 Å². The van der Waals surface area contributed by atoms with Crippen LogP contribution in [-0.4, -0.2) is 103 Å². The third-order valence-electron chi connectivity index (χ3n) is 4.15. The van der Waals surface area contributed by atoms with Crippen molar-refractivity contribution in [2.45, 2.75) is 32.6 Å². The topological polar surface area (TPSA) is 56.3 Å². The summed E-state index contributed by atoms with van der Waals surface area (Å²) in [5, 5.41) is 0. The molecule has 1 rings (SSSR count). The van der Waals surface area contributed by atoms with E-state index < -0.39 is 19.2 Å². The van der Waals surface area contributed by atoms with Crippen molar-refractivity contribution in [1.29, 1.82) is 0 Å². The summed E-state index contributed by atoms with van der Waals surface area (Å²) in [7, 11) is 34.9. The standard InChI is InChI=1S/C13H17NO3.B11/c1-10-7-8-11(14-12(10)9-15)5-3-4-6-13(16)17-2;1-7-10(6)11(8(2)3)9(4)5/h7-9H,3-6H2,1-2H3;. The Morgan fingerprint density at radius 3 is 2.21 bits per heavy atom. The Hall–Kier alpha value is -0.996. The van der Waals surface area contributed by atoms with Gasteiger partial charge in [-0.3, -0.25) is 9.59 Å². The molecule has 4 nitrogen and oxygen atoms in total. The average molecular weight is 354 g/mol. The Morgan fingerprint density at radius 2 is 1.79 bits per heavy atom. The highest BCUT2D eigenvalue weighted by atomic mass is 16.5. The van der Waals surface area contributed by atoms with E-state index in [0.29, 0.717) is 12.1 Å². The predicted octanol–water partition coefficient (Wildman–Crippen LogP) is -2.10. The number of rotatable bonds is 10. The van der Waals surface area contributed by atoms with Gasteiger partial charge >= 0.3 is 5.97 Å². The van der Waals surface area contributed by atoms with E-state index in [2.05, 4.69) is 9.72 Å². The smallest absolute Gasteiger partial charge is 0.305 e. The van der Waals surface area contributed by atoms with Crippen molar-refractivity contribution in [2.24, 2.45) is 0 Å². The summed E-state index contributed by atoms with van der Waals surface area (Å²) in [6, 6.07) is 3.81. The number of hydrogen-bond acceptors (Lipinski definition) is 4. The Labute approximate surface area is 179 Å². The zero-order chi connectivity index (χ0) is 21.7. The molecule has 0 aliphatic rings. The van der Waals surface area contributed by atoms with Gasteiger partial charge < -0.3 is 4.74 Å². The molecule has 0 N–H and O–H groups in total. The van der Waals surface area contributed by atoms with Crippen molar-refractivity contribution >= 4 is 91.3 Å². The van der Waals surface area contributed by atoms with Gasteiger partial charge in [0.2, 0.25) is 0 Å². The first-order valence-corrected chi connectivity index (χ1v) is 8.99. The molecule has 0 saturated heterocycles. The third-order valence-corrected chi connectivity index (χ3v) is 4.15. The van der Waals surface area contributed by atoms with E-state index in [0.717, 1.165) is 36.8 Å². The van der Waals surface area contributed by atoms with Crippen LogP contribution in [0.5, 0.6) is 0 Å². The van der Waals surface area contributed by atoms with Gasteiger partial charge in [0.25, 0.3) is 0 Å². The number of pyridine rings is 1. The van der Waals surface area contributed by atoms with Crippen LogP contribution >= 0.6 is 0 Å². The molecule has 0 aromatic carbocycles. The molecule has 1 aromatic heterocycles. The fourth-order valence-electron chi connectivity index (χ4n) is 2.42. The van der Waals surface area contributed by atoms with E-state index in [1.165, 1.54) is 14.2 Å². The van der Waals surface area contributed by atoms with Crippen LogP contribution in [0.3, 0.4) is 0 Å². The summed E-state index contributed by atoms with van der Waals surface area (Å²) in [5.41, 5.74) is 2.27. The first-order chi connectivity index (χ1) is 13.2. The third kappa shape index (κ3) is 10.5. The SMILES string of the molecule is COC(=O)CCCCc1ccc(C)c(C=O)n1.[B][B]B([B])B(B([B])[B])B([B])[B]. The lowest BCUT2D eigenvalue weighted by atomic mass is 8.56. The van der Waals surface area contributed by atoms with E-state index in [9.17, 15) is 9.59 Å². The van der Waals surface area contributed by atoms with Gasteiger partial charge in [0.05, 0.1) is 7.11 Å². The van der Waals surface area contributed by atoms with Crippen LogP contribution in [-0.2, 0) is 16.0 Å². The van der Waals surface area contributed by atoms with Crippen LogP contribution in [0, 0.1) is 6.92 Å².